The van der Waals surface area contributed by atoms with E-state index in [4.69, 9.17) is 0 Å². The van der Waals surface area contributed by atoms with Crippen molar-refractivity contribution in [1.29, 1.82) is 0 Å². The molecule has 0 aromatic carbocycles. The second-order valence-corrected chi connectivity index (χ2v) is 9.00. The zero-order valence-corrected chi connectivity index (χ0v) is 13.3. The Balaban J connectivity index is 2.46. The van der Waals surface area contributed by atoms with Gasteiger partial charge in [0.15, 0.2) is 4.21 Å². The van der Waals surface area contributed by atoms with Gasteiger partial charge in [0.1, 0.15) is 6.04 Å². The van der Waals surface area contributed by atoms with Crippen molar-refractivity contribution in [3.8, 4) is 0 Å². The van der Waals surface area contributed by atoms with Crippen LogP contribution in [0.2, 0.25) is 0 Å². The maximum absolute atomic E-state index is 12.6. The molecule has 112 valence electrons. The van der Waals surface area contributed by atoms with E-state index in [2.05, 4.69) is 4.98 Å². The highest BCUT2D eigenvalue weighted by molar-refractivity contribution is 7.91. The molecule has 1 N–H and O–H groups in total. The Bertz CT molecular complexity index is 621. The molecule has 0 aliphatic carbocycles. The topological polar surface area (TPSA) is 87.6 Å². The average Bonchev–Trinajstić information content (AvgIpc) is 2.74. The Kier molecular flexibility index (Phi) is 3.92. The van der Waals surface area contributed by atoms with Crippen molar-refractivity contribution in [1.82, 2.24) is 9.29 Å². The molecule has 0 spiro atoms. The molecular formula is C12H18N2O4S2. The minimum atomic E-state index is -3.80. The Labute approximate surface area is 122 Å². The van der Waals surface area contributed by atoms with E-state index in [0.29, 0.717) is 17.8 Å². The quantitative estimate of drug-likeness (QED) is 0.916. The van der Waals surface area contributed by atoms with E-state index < -0.39 is 27.4 Å². The van der Waals surface area contributed by atoms with Gasteiger partial charge in [0.25, 0.3) is 10.0 Å². The number of piperidine rings is 1. The van der Waals surface area contributed by atoms with Crippen LogP contribution in [0.5, 0.6) is 0 Å². The van der Waals surface area contributed by atoms with Crippen LogP contribution in [-0.2, 0) is 14.8 Å². The van der Waals surface area contributed by atoms with Crippen LogP contribution in [0.4, 0.5) is 0 Å². The van der Waals surface area contributed by atoms with Crippen molar-refractivity contribution in [2.24, 2.45) is 5.41 Å². The predicted molar refractivity (Wildman–Crippen MR) is 75.2 cm³/mol. The number of thiazole rings is 1. The van der Waals surface area contributed by atoms with Gasteiger partial charge in [-0.05, 0) is 25.2 Å². The van der Waals surface area contributed by atoms with Crippen LogP contribution in [-0.4, -0.2) is 41.4 Å². The molecule has 1 aliphatic rings. The van der Waals surface area contributed by atoms with Crippen molar-refractivity contribution in [2.45, 2.75) is 43.9 Å². The lowest BCUT2D eigenvalue weighted by molar-refractivity contribution is -0.147. The van der Waals surface area contributed by atoms with Gasteiger partial charge in [-0.3, -0.25) is 4.79 Å². The second-order valence-electron chi connectivity index (χ2n) is 5.65. The van der Waals surface area contributed by atoms with Crippen LogP contribution in [0.15, 0.2) is 10.4 Å². The maximum atomic E-state index is 12.6. The summed E-state index contributed by atoms with van der Waals surface area (Å²) in [6, 6.07) is -1.04. The molecule has 2 rings (SSSR count). The van der Waals surface area contributed by atoms with Gasteiger partial charge in [-0.2, -0.15) is 4.31 Å². The first kappa shape index (κ1) is 15.4. The summed E-state index contributed by atoms with van der Waals surface area (Å²) in [6.45, 7) is 5.55. The number of rotatable bonds is 3. The predicted octanol–water partition coefficient (Wildman–Crippen LogP) is 1.72. The van der Waals surface area contributed by atoms with Crippen LogP contribution in [0, 0.1) is 12.3 Å². The molecule has 0 bridgehead atoms. The molecule has 6 nitrogen and oxygen atoms in total. The maximum Gasteiger partial charge on any atom is 0.322 e. The highest BCUT2D eigenvalue weighted by Crippen LogP contribution is 2.38. The third kappa shape index (κ3) is 2.59. The molecule has 2 heterocycles. The van der Waals surface area contributed by atoms with Gasteiger partial charge >= 0.3 is 5.97 Å². The second kappa shape index (κ2) is 5.09. The van der Waals surface area contributed by atoms with E-state index in [0.717, 1.165) is 15.6 Å². The Morgan fingerprint density at radius 1 is 1.55 bits per heavy atom. The Morgan fingerprint density at radius 3 is 2.70 bits per heavy atom. The molecule has 1 fully saturated rings. The van der Waals surface area contributed by atoms with Crippen LogP contribution in [0.1, 0.15) is 31.7 Å². The molecule has 1 aromatic rings. The van der Waals surface area contributed by atoms with E-state index in [1.165, 1.54) is 6.20 Å². The average molecular weight is 318 g/mol. The summed E-state index contributed by atoms with van der Waals surface area (Å²) in [5.74, 6) is -1.10. The molecule has 0 saturated carbocycles. The van der Waals surface area contributed by atoms with Crippen LogP contribution in [0.25, 0.3) is 0 Å². The summed E-state index contributed by atoms with van der Waals surface area (Å²) in [5, 5.41) is 10.1. The molecule has 0 amide bonds. The van der Waals surface area contributed by atoms with E-state index in [1.54, 1.807) is 20.8 Å². The highest BCUT2D eigenvalue weighted by Gasteiger charge is 2.48. The molecule has 20 heavy (non-hydrogen) atoms. The number of carbonyl (C=O) groups is 1. The van der Waals surface area contributed by atoms with Gasteiger partial charge in [-0.1, -0.05) is 13.8 Å². The number of aromatic nitrogens is 1. The van der Waals surface area contributed by atoms with Crippen molar-refractivity contribution in [2.75, 3.05) is 6.54 Å². The van der Waals surface area contributed by atoms with Crippen molar-refractivity contribution < 1.29 is 18.3 Å². The normalized spacial score (nSPS) is 23.6. The van der Waals surface area contributed by atoms with Crippen molar-refractivity contribution >= 4 is 27.3 Å². The number of carboxylic acids is 1. The minimum absolute atomic E-state index is 0.110. The van der Waals surface area contributed by atoms with Crippen LogP contribution >= 0.6 is 11.3 Å². The number of sulfonamides is 1. The lowest BCUT2D eigenvalue weighted by Crippen LogP contribution is -2.56. The summed E-state index contributed by atoms with van der Waals surface area (Å²) in [5.41, 5.74) is -0.586. The molecule has 1 saturated heterocycles. The third-order valence-corrected chi connectivity index (χ3v) is 6.84. The summed E-state index contributed by atoms with van der Waals surface area (Å²) >= 11 is 1.07. The largest absolute Gasteiger partial charge is 0.480 e. The first-order chi connectivity index (χ1) is 9.16. The number of hydrogen-bond acceptors (Lipinski definition) is 5. The van der Waals surface area contributed by atoms with Gasteiger partial charge < -0.3 is 5.11 Å². The van der Waals surface area contributed by atoms with Crippen molar-refractivity contribution in [3.05, 3.63) is 11.2 Å². The van der Waals surface area contributed by atoms with Crippen molar-refractivity contribution in [3.63, 3.8) is 0 Å². The Hall–Kier alpha value is -0.990. The molecule has 1 aliphatic heterocycles. The van der Waals surface area contributed by atoms with Gasteiger partial charge in [-0.25, -0.2) is 13.4 Å². The van der Waals surface area contributed by atoms with Gasteiger partial charge in [-0.15, -0.1) is 11.3 Å². The monoisotopic (exact) mass is 318 g/mol. The first-order valence-electron chi connectivity index (χ1n) is 6.33. The van der Waals surface area contributed by atoms with Crippen LogP contribution < -0.4 is 0 Å². The number of hydrogen-bond donors (Lipinski definition) is 1. The fourth-order valence-electron chi connectivity index (χ4n) is 2.64. The Morgan fingerprint density at radius 2 is 2.20 bits per heavy atom. The molecule has 0 radical (unpaired) electrons. The molecule has 1 unspecified atom stereocenters. The molecule has 1 atom stereocenters. The number of aliphatic carboxylic acids is 1. The summed E-state index contributed by atoms with van der Waals surface area (Å²) in [7, 11) is -3.80. The fourth-order valence-corrected chi connectivity index (χ4v) is 5.65. The molecular weight excluding hydrogens is 300 g/mol. The zero-order chi connectivity index (χ0) is 15.1. The summed E-state index contributed by atoms with van der Waals surface area (Å²) < 4.78 is 26.5. The molecule has 1 aromatic heterocycles. The SMILES string of the molecule is Cc1ncc(S(=O)(=O)N2CCCC(C)(C)C2C(=O)O)s1. The fraction of sp³-hybridized carbons (Fsp3) is 0.667. The van der Waals surface area contributed by atoms with E-state index >= 15 is 0 Å². The number of nitrogens with zero attached hydrogens (tertiary/aromatic N) is 2. The van der Waals surface area contributed by atoms with Crippen LogP contribution in [0.3, 0.4) is 0 Å². The first-order valence-corrected chi connectivity index (χ1v) is 8.59. The van der Waals surface area contributed by atoms with E-state index in [-0.39, 0.29) is 10.8 Å². The zero-order valence-electron chi connectivity index (χ0n) is 11.7. The number of carboxylic acid groups (broad SMARTS) is 1. The highest BCUT2D eigenvalue weighted by atomic mass is 32.2. The minimum Gasteiger partial charge on any atom is -0.480 e. The number of aryl methyl sites for hydroxylation is 1. The standard InChI is InChI=1S/C12H18N2O4S2/c1-8-13-7-9(19-8)20(17,18)14-6-4-5-12(2,3)10(14)11(15)16/h7,10H,4-6H2,1-3H3,(H,15,16). The lowest BCUT2D eigenvalue weighted by Gasteiger charge is -2.42. The smallest absolute Gasteiger partial charge is 0.322 e. The summed E-state index contributed by atoms with van der Waals surface area (Å²) in [6.07, 6.45) is 2.65. The lowest BCUT2D eigenvalue weighted by atomic mass is 9.77. The van der Waals surface area contributed by atoms with E-state index in [1.807, 2.05) is 0 Å². The summed E-state index contributed by atoms with van der Waals surface area (Å²) in [4.78, 5) is 15.5. The van der Waals surface area contributed by atoms with E-state index in [9.17, 15) is 18.3 Å². The van der Waals surface area contributed by atoms with Gasteiger partial charge in [0, 0.05) is 6.54 Å². The van der Waals surface area contributed by atoms with Gasteiger partial charge in [0.05, 0.1) is 11.2 Å². The van der Waals surface area contributed by atoms with Gasteiger partial charge in [0.2, 0.25) is 0 Å². The molecule has 8 heteroatoms. The third-order valence-electron chi connectivity index (χ3n) is 3.62.